The highest BCUT2D eigenvalue weighted by molar-refractivity contribution is 9.10. The van der Waals surface area contributed by atoms with Gasteiger partial charge in [0.2, 0.25) is 6.79 Å². The van der Waals surface area contributed by atoms with Gasteiger partial charge in [-0.3, -0.25) is 0 Å². The van der Waals surface area contributed by atoms with E-state index in [4.69, 9.17) is 14.2 Å². The molecule has 1 aromatic heterocycles. The van der Waals surface area contributed by atoms with E-state index in [-0.39, 0.29) is 6.79 Å². The molecule has 2 aromatic rings. The van der Waals surface area contributed by atoms with Crippen LogP contribution in [0.1, 0.15) is 17.4 Å². The van der Waals surface area contributed by atoms with E-state index in [0.29, 0.717) is 6.61 Å². The van der Waals surface area contributed by atoms with E-state index >= 15 is 0 Å². The molecule has 3 rings (SSSR count). The molecule has 6 heteroatoms. The number of hydrogen-bond acceptors (Lipinski definition) is 5. The lowest BCUT2D eigenvalue weighted by Crippen LogP contribution is -2.13. The first-order valence-electron chi connectivity index (χ1n) is 6.76. The van der Waals surface area contributed by atoms with Gasteiger partial charge in [0.25, 0.3) is 0 Å². The summed E-state index contributed by atoms with van der Waals surface area (Å²) in [5, 5.41) is 5.36. The van der Waals surface area contributed by atoms with Gasteiger partial charge in [-0.1, -0.05) is 6.92 Å². The predicted octanol–water partition coefficient (Wildman–Crippen LogP) is 3.93. The largest absolute Gasteiger partial charge is 0.488 e. The molecular weight excluding hydrogens is 354 g/mol. The van der Waals surface area contributed by atoms with Crippen LogP contribution in [0.3, 0.4) is 0 Å². The third-order valence-electron chi connectivity index (χ3n) is 3.17. The number of rotatable bonds is 6. The fraction of sp³-hybridized carbons (Fsp3) is 0.333. The van der Waals surface area contributed by atoms with Gasteiger partial charge >= 0.3 is 0 Å². The summed E-state index contributed by atoms with van der Waals surface area (Å²) in [6.45, 7) is 4.54. The van der Waals surface area contributed by atoms with Crippen LogP contribution in [0, 0.1) is 0 Å². The van der Waals surface area contributed by atoms with Gasteiger partial charge in [0, 0.05) is 22.6 Å². The van der Waals surface area contributed by atoms with Gasteiger partial charge in [-0.15, -0.1) is 11.3 Å². The predicted molar refractivity (Wildman–Crippen MR) is 86.3 cm³/mol. The second kappa shape index (κ2) is 6.68. The van der Waals surface area contributed by atoms with E-state index in [0.717, 1.165) is 40.4 Å². The molecule has 0 saturated heterocycles. The van der Waals surface area contributed by atoms with Gasteiger partial charge in [0.05, 0.1) is 4.88 Å². The summed E-state index contributed by atoms with van der Waals surface area (Å²) < 4.78 is 17.9. The first-order valence-corrected chi connectivity index (χ1v) is 8.43. The van der Waals surface area contributed by atoms with Crippen molar-refractivity contribution in [3.63, 3.8) is 0 Å². The van der Waals surface area contributed by atoms with E-state index in [2.05, 4.69) is 28.2 Å². The molecule has 0 spiro atoms. The number of thiophene rings is 1. The molecule has 21 heavy (non-hydrogen) atoms. The quantitative estimate of drug-likeness (QED) is 0.837. The molecule has 0 bridgehead atoms. The van der Waals surface area contributed by atoms with Crippen LogP contribution in [-0.4, -0.2) is 13.3 Å². The van der Waals surface area contributed by atoms with Crippen molar-refractivity contribution in [1.82, 2.24) is 5.32 Å². The minimum absolute atomic E-state index is 0.274. The van der Waals surface area contributed by atoms with Gasteiger partial charge in [-0.25, -0.2) is 0 Å². The molecule has 0 fully saturated rings. The van der Waals surface area contributed by atoms with Gasteiger partial charge < -0.3 is 19.5 Å². The summed E-state index contributed by atoms with van der Waals surface area (Å²) in [4.78, 5) is 1.17. The number of fused-ring (bicyclic) bond motifs is 1. The van der Waals surface area contributed by atoms with E-state index in [1.165, 1.54) is 4.88 Å². The number of halogens is 1. The maximum Gasteiger partial charge on any atom is 0.231 e. The molecule has 0 amide bonds. The van der Waals surface area contributed by atoms with Crippen molar-refractivity contribution in [2.24, 2.45) is 0 Å². The molecule has 0 unspecified atom stereocenters. The van der Waals surface area contributed by atoms with Crippen LogP contribution in [0.2, 0.25) is 0 Å². The zero-order valence-corrected chi connectivity index (χ0v) is 14.1. The van der Waals surface area contributed by atoms with Crippen molar-refractivity contribution in [2.45, 2.75) is 20.1 Å². The van der Waals surface area contributed by atoms with Crippen molar-refractivity contribution in [3.8, 4) is 17.2 Å². The SMILES string of the molecule is CCNCc1cc2c(cc1OCc1sccc1Br)OCO2. The van der Waals surface area contributed by atoms with Crippen LogP contribution in [0.15, 0.2) is 28.1 Å². The van der Waals surface area contributed by atoms with E-state index < -0.39 is 0 Å². The third kappa shape index (κ3) is 3.33. The van der Waals surface area contributed by atoms with Gasteiger partial charge in [0.1, 0.15) is 12.4 Å². The summed E-state index contributed by atoms with van der Waals surface area (Å²) in [7, 11) is 0. The Kier molecular flexibility index (Phi) is 4.67. The van der Waals surface area contributed by atoms with Crippen molar-refractivity contribution in [2.75, 3.05) is 13.3 Å². The Hall–Kier alpha value is -1.24. The molecule has 2 heterocycles. The lowest BCUT2D eigenvalue weighted by Gasteiger charge is -2.12. The average molecular weight is 370 g/mol. The summed E-state index contributed by atoms with van der Waals surface area (Å²) in [5.41, 5.74) is 1.08. The lowest BCUT2D eigenvalue weighted by atomic mass is 10.1. The molecule has 0 atom stereocenters. The molecule has 0 saturated carbocycles. The lowest BCUT2D eigenvalue weighted by molar-refractivity contribution is 0.173. The van der Waals surface area contributed by atoms with E-state index in [1.54, 1.807) is 11.3 Å². The zero-order valence-electron chi connectivity index (χ0n) is 11.6. The zero-order chi connectivity index (χ0) is 14.7. The number of hydrogen-bond donors (Lipinski definition) is 1. The molecular formula is C15H16BrNO3S. The Morgan fingerprint density at radius 3 is 2.86 bits per heavy atom. The standard InChI is InChI=1S/C15H16BrNO3S/c1-2-17-7-10-5-13-14(20-9-19-13)6-12(10)18-8-15-11(16)3-4-21-15/h3-6,17H,2,7-9H2,1H3. The Morgan fingerprint density at radius 1 is 1.33 bits per heavy atom. The third-order valence-corrected chi connectivity index (χ3v) is 5.07. The Labute approximate surface area is 136 Å². The topological polar surface area (TPSA) is 39.7 Å². The smallest absolute Gasteiger partial charge is 0.231 e. The molecule has 0 aliphatic carbocycles. The molecule has 4 nitrogen and oxygen atoms in total. The van der Waals surface area contributed by atoms with Crippen LogP contribution in [0.4, 0.5) is 0 Å². The van der Waals surface area contributed by atoms with Gasteiger partial charge in [-0.05, 0) is 40.0 Å². The molecule has 1 N–H and O–H groups in total. The van der Waals surface area contributed by atoms with E-state index in [1.807, 2.05) is 23.6 Å². The Bertz CT molecular complexity index is 629. The van der Waals surface area contributed by atoms with Gasteiger partial charge in [0.15, 0.2) is 11.5 Å². The minimum atomic E-state index is 0.274. The first-order chi connectivity index (χ1) is 10.3. The second-order valence-corrected chi connectivity index (χ2v) is 6.43. The minimum Gasteiger partial charge on any atom is -0.488 e. The van der Waals surface area contributed by atoms with Crippen LogP contribution in [0.25, 0.3) is 0 Å². The highest BCUT2D eigenvalue weighted by atomic mass is 79.9. The first kappa shape index (κ1) is 14.7. The number of benzene rings is 1. The molecule has 1 aromatic carbocycles. The summed E-state index contributed by atoms with van der Waals surface area (Å²) in [6, 6.07) is 5.93. The molecule has 1 aliphatic rings. The fourth-order valence-corrected chi connectivity index (χ4v) is 3.45. The maximum absolute atomic E-state index is 5.99. The highest BCUT2D eigenvalue weighted by Gasteiger charge is 2.18. The number of ether oxygens (including phenoxy) is 3. The van der Waals surface area contributed by atoms with Crippen molar-refractivity contribution in [3.05, 3.63) is 38.5 Å². The fourth-order valence-electron chi connectivity index (χ4n) is 2.07. The van der Waals surface area contributed by atoms with Gasteiger partial charge in [-0.2, -0.15) is 0 Å². The summed E-state index contributed by atoms with van der Waals surface area (Å²) in [6.07, 6.45) is 0. The van der Waals surface area contributed by atoms with E-state index in [9.17, 15) is 0 Å². The highest BCUT2D eigenvalue weighted by Crippen LogP contribution is 2.38. The van der Waals surface area contributed by atoms with Crippen molar-refractivity contribution >= 4 is 27.3 Å². The Balaban J connectivity index is 1.80. The normalized spacial score (nSPS) is 12.7. The maximum atomic E-state index is 5.99. The Morgan fingerprint density at radius 2 is 2.14 bits per heavy atom. The van der Waals surface area contributed by atoms with Crippen LogP contribution < -0.4 is 19.5 Å². The molecule has 1 aliphatic heterocycles. The summed E-state index contributed by atoms with van der Waals surface area (Å²) >= 11 is 5.20. The monoisotopic (exact) mass is 369 g/mol. The van der Waals surface area contributed by atoms with Crippen LogP contribution in [-0.2, 0) is 13.2 Å². The van der Waals surface area contributed by atoms with Crippen molar-refractivity contribution in [1.29, 1.82) is 0 Å². The molecule has 0 radical (unpaired) electrons. The summed E-state index contributed by atoms with van der Waals surface area (Å²) in [5.74, 6) is 2.36. The average Bonchev–Trinajstić information content (AvgIpc) is 3.10. The number of nitrogens with one attached hydrogen (secondary N) is 1. The van der Waals surface area contributed by atoms with Crippen LogP contribution >= 0.6 is 27.3 Å². The molecule has 112 valence electrons. The second-order valence-electron chi connectivity index (χ2n) is 4.57. The van der Waals surface area contributed by atoms with Crippen LogP contribution in [0.5, 0.6) is 17.2 Å². The van der Waals surface area contributed by atoms with Crippen molar-refractivity contribution < 1.29 is 14.2 Å².